The van der Waals surface area contributed by atoms with Crippen LogP contribution in [-0.4, -0.2) is 6.10 Å². The van der Waals surface area contributed by atoms with E-state index in [4.69, 9.17) is 10.5 Å². The molecule has 1 aromatic heterocycles. The molecule has 1 fully saturated rings. The normalized spacial score (nSPS) is 14.9. The Balaban J connectivity index is 1.83. The molecule has 0 bridgehead atoms. The lowest BCUT2D eigenvalue weighted by atomic mass is 10.1. The van der Waals surface area contributed by atoms with E-state index < -0.39 is 0 Å². The Morgan fingerprint density at radius 2 is 1.94 bits per heavy atom. The molecule has 0 radical (unpaired) electrons. The Morgan fingerprint density at radius 1 is 1.18 bits per heavy atom. The molecule has 1 aliphatic rings. The van der Waals surface area contributed by atoms with Crippen molar-refractivity contribution in [2.75, 3.05) is 0 Å². The summed E-state index contributed by atoms with van der Waals surface area (Å²) in [5.41, 5.74) is 8.19. The molecule has 88 valence electrons. The van der Waals surface area contributed by atoms with Crippen LogP contribution in [0.4, 0.5) is 0 Å². The zero-order chi connectivity index (χ0) is 11.7. The smallest absolute Gasteiger partial charge is 0.119 e. The number of benzene rings is 1. The topological polar surface area (TPSA) is 35.2 Å². The van der Waals surface area contributed by atoms with Crippen molar-refractivity contribution in [1.82, 2.24) is 0 Å². The number of nitrogens with two attached hydrogens (primary N) is 1. The lowest BCUT2D eigenvalue weighted by Crippen LogP contribution is -1.96. The Kier molecular flexibility index (Phi) is 2.87. The first kappa shape index (κ1) is 10.8. The van der Waals surface area contributed by atoms with Gasteiger partial charge in [0.05, 0.1) is 6.10 Å². The minimum Gasteiger partial charge on any atom is -0.490 e. The third kappa shape index (κ3) is 2.35. The van der Waals surface area contributed by atoms with E-state index in [2.05, 4.69) is 23.6 Å². The van der Waals surface area contributed by atoms with E-state index in [1.165, 1.54) is 28.8 Å². The third-order valence-electron chi connectivity index (χ3n) is 2.92. The summed E-state index contributed by atoms with van der Waals surface area (Å²) in [5, 5.41) is 2.09. The quantitative estimate of drug-likeness (QED) is 0.895. The monoisotopic (exact) mass is 245 g/mol. The van der Waals surface area contributed by atoms with Gasteiger partial charge >= 0.3 is 0 Å². The van der Waals surface area contributed by atoms with Gasteiger partial charge in [0.15, 0.2) is 0 Å². The molecular weight excluding hydrogens is 230 g/mol. The number of hydrogen-bond acceptors (Lipinski definition) is 3. The molecule has 0 amide bonds. The molecule has 1 heterocycles. The molecule has 1 aromatic carbocycles. The Labute approximate surface area is 105 Å². The van der Waals surface area contributed by atoms with Crippen molar-refractivity contribution < 1.29 is 4.74 Å². The van der Waals surface area contributed by atoms with Gasteiger partial charge in [-0.25, -0.2) is 0 Å². The molecule has 1 aliphatic carbocycles. The summed E-state index contributed by atoms with van der Waals surface area (Å²) in [5.74, 6) is 0.973. The van der Waals surface area contributed by atoms with Crippen molar-refractivity contribution in [2.45, 2.75) is 25.5 Å². The third-order valence-corrected chi connectivity index (χ3v) is 3.87. The predicted octanol–water partition coefficient (Wildman–Crippen LogP) is 3.42. The van der Waals surface area contributed by atoms with E-state index in [0.717, 1.165) is 5.75 Å². The van der Waals surface area contributed by atoms with Gasteiger partial charge in [0.1, 0.15) is 5.75 Å². The van der Waals surface area contributed by atoms with E-state index in [1.54, 1.807) is 11.3 Å². The lowest BCUT2D eigenvalue weighted by Gasteiger charge is -2.06. The van der Waals surface area contributed by atoms with Crippen LogP contribution in [0.2, 0.25) is 0 Å². The molecule has 0 unspecified atom stereocenters. The molecule has 1 saturated carbocycles. The Hall–Kier alpha value is -1.32. The van der Waals surface area contributed by atoms with Gasteiger partial charge in [-0.05, 0) is 47.5 Å². The average molecular weight is 245 g/mol. The molecule has 2 N–H and O–H groups in total. The molecule has 0 spiro atoms. The van der Waals surface area contributed by atoms with E-state index in [9.17, 15) is 0 Å². The van der Waals surface area contributed by atoms with Crippen LogP contribution in [0, 0.1) is 0 Å². The summed E-state index contributed by atoms with van der Waals surface area (Å²) in [6, 6.07) is 10.4. The summed E-state index contributed by atoms with van der Waals surface area (Å²) < 4.78 is 5.73. The first-order valence-corrected chi connectivity index (χ1v) is 6.78. The van der Waals surface area contributed by atoms with Gasteiger partial charge in [0.2, 0.25) is 0 Å². The highest BCUT2D eigenvalue weighted by Crippen LogP contribution is 2.31. The minimum atomic E-state index is 0.460. The minimum absolute atomic E-state index is 0.460. The standard InChI is InChI=1S/C14H15NOS/c15-9-14-13(7-8-17-14)10-1-3-11(4-2-10)16-12-5-6-12/h1-4,7-8,12H,5-6,9,15H2. The van der Waals surface area contributed by atoms with Gasteiger partial charge in [-0.1, -0.05) is 12.1 Å². The van der Waals surface area contributed by atoms with Crippen LogP contribution in [0.5, 0.6) is 5.75 Å². The SMILES string of the molecule is NCc1sccc1-c1ccc(OC2CC2)cc1. The maximum Gasteiger partial charge on any atom is 0.119 e. The molecule has 17 heavy (non-hydrogen) atoms. The van der Waals surface area contributed by atoms with Gasteiger partial charge in [-0.3, -0.25) is 0 Å². The second-order valence-corrected chi connectivity index (χ2v) is 5.30. The number of ether oxygens (including phenoxy) is 1. The van der Waals surface area contributed by atoms with E-state index in [-0.39, 0.29) is 0 Å². The highest BCUT2D eigenvalue weighted by Gasteiger charge is 2.23. The van der Waals surface area contributed by atoms with Crippen LogP contribution in [-0.2, 0) is 6.54 Å². The van der Waals surface area contributed by atoms with E-state index >= 15 is 0 Å². The maximum absolute atomic E-state index is 5.73. The van der Waals surface area contributed by atoms with Gasteiger partial charge in [-0.2, -0.15) is 0 Å². The molecule has 2 nitrogen and oxygen atoms in total. The molecular formula is C14H15NOS. The van der Waals surface area contributed by atoms with Crippen molar-refractivity contribution >= 4 is 11.3 Å². The van der Waals surface area contributed by atoms with Crippen molar-refractivity contribution in [3.63, 3.8) is 0 Å². The Morgan fingerprint density at radius 3 is 2.59 bits per heavy atom. The maximum atomic E-state index is 5.73. The molecule has 0 aliphatic heterocycles. The fraction of sp³-hybridized carbons (Fsp3) is 0.286. The summed E-state index contributed by atoms with van der Waals surface area (Å²) in [6.07, 6.45) is 2.86. The first-order chi connectivity index (χ1) is 8.36. The molecule has 2 aromatic rings. The highest BCUT2D eigenvalue weighted by atomic mass is 32.1. The second-order valence-electron chi connectivity index (χ2n) is 4.30. The second kappa shape index (κ2) is 4.51. The van der Waals surface area contributed by atoms with Gasteiger partial charge in [0, 0.05) is 11.4 Å². The van der Waals surface area contributed by atoms with Crippen LogP contribution in [0.15, 0.2) is 35.7 Å². The molecule has 3 rings (SSSR count). The average Bonchev–Trinajstić information content (AvgIpc) is 3.05. The van der Waals surface area contributed by atoms with Crippen molar-refractivity contribution in [1.29, 1.82) is 0 Å². The van der Waals surface area contributed by atoms with Crippen LogP contribution < -0.4 is 10.5 Å². The summed E-state index contributed by atoms with van der Waals surface area (Å²) >= 11 is 1.71. The summed E-state index contributed by atoms with van der Waals surface area (Å²) in [7, 11) is 0. The number of thiophene rings is 1. The summed E-state index contributed by atoms with van der Waals surface area (Å²) in [6.45, 7) is 0.604. The molecule has 0 atom stereocenters. The highest BCUT2D eigenvalue weighted by molar-refractivity contribution is 7.10. The van der Waals surface area contributed by atoms with Gasteiger partial charge in [0.25, 0.3) is 0 Å². The van der Waals surface area contributed by atoms with E-state index in [1.807, 2.05) is 12.1 Å². The van der Waals surface area contributed by atoms with E-state index in [0.29, 0.717) is 12.6 Å². The van der Waals surface area contributed by atoms with Crippen LogP contribution in [0.25, 0.3) is 11.1 Å². The van der Waals surface area contributed by atoms with Crippen molar-refractivity contribution in [3.8, 4) is 16.9 Å². The zero-order valence-corrected chi connectivity index (χ0v) is 10.4. The largest absolute Gasteiger partial charge is 0.490 e. The predicted molar refractivity (Wildman–Crippen MR) is 71.3 cm³/mol. The number of hydrogen-bond donors (Lipinski definition) is 1. The fourth-order valence-corrected chi connectivity index (χ4v) is 2.62. The molecule has 0 saturated heterocycles. The van der Waals surface area contributed by atoms with Gasteiger partial charge < -0.3 is 10.5 Å². The van der Waals surface area contributed by atoms with Crippen LogP contribution >= 0.6 is 11.3 Å². The van der Waals surface area contributed by atoms with Crippen LogP contribution in [0.1, 0.15) is 17.7 Å². The summed E-state index contributed by atoms with van der Waals surface area (Å²) in [4.78, 5) is 1.24. The Bertz CT molecular complexity index is 499. The fourth-order valence-electron chi connectivity index (χ4n) is 1.85. The molecule has 3 heteroatoms. The number of rotatable bonds is 4. The first-order valence-electron chi connectivity index (χ1n) is 5.90. The zero-order valence-electron chi connectivity index (χ0n) is 9.56. The van der Waals surface area contributed by atoms with Gasteiger partial charge in [-0.15, -0.1) is 11.3 Å². The van der Waals surface area contributed by atoms with Crippen LogP contribution in [0.3, 0.4) is 0 Å². The lowest BCUT2D eigenvalue weighted by molar-refractivity contribution is 0.303. The van der Waals surface area contributed by atoms with Crippen molar-refractivity contribution in [3.05, 3.63) is 40.6 Å². The van der Waals surface area contributed by atoms with Crippen molar-refractivity contribution in [2.24, 2.45) is 5.73 Å².